The maximum absolute atomic E-state index is 11.2. The average molecular weight is 201 g/mol. The van der Waals surface area contributed by atoms with Crippen molar-refractivity contribution in [3.63, 3.8) is 0 Å². The molecule has 0 amide bonds. The van der Waals surface area contributed by atoms with E-state index in [1.807, 2.05) is 25.7 Å². The molecule has 0 aliphatic rings. The standard InChI is InChI=1S/C8H15NO3Si/c1-8(6-9,7(10)11-2)12-13(3,4)5/h1-5H3. The van der Waals surface area contributed by atoms with Gasteiger partial charge in [-0.3, -0.25) is 0 Å². The van der Waals surface area contributed by atoms with Crippen LogP contribution in [0.3, 0.4) is 0 Å². The van der Waals surface area contributed by atoms with Crippen LogP contribution in [0, 0.1) is 11.3 Å². The fourth-order valence-electron chi connectivity index (χ4n) is 0.917. The Bertz CT molecular complexity index is 241. The molecule has 4 nitrogen and oxygen atoms in total. The van der Waals surface area contributed by atoms with Gasteiger partial charge in [0.2, 0.25) is 5.60 Å². The van der Waals surface area contributed by atoms with Crippen LogP contribution >= 0.6 is 0 Å². The van der Waals surface area contributed by atoms with E-state index in [1.165, 1.54) is 14.0 Å². The van der Waals surface area contributed by atoms with Gasteiger partial charge in [0.15, 0.2) is 8.32 Å². The third kappa shape index (κ3) is 3.57. The Labute approximate surface area is 79.6 Å². The molecular formula is C8H15NO3Si. The van der Waals surface area contributed by atoms with Crippen molar-refractivity contribution in [1.29, 1.82) is 5.26 Å². The molecule has 0 aliphatic carbocycles. The second-order valence-electron chi connectivity index (χ2n) is 3.85. The van der Waals surface area contributed by atoms with Crippen molar-refractivity contribution in [2.24, 2.45) is 0 Å². The summed E-state index contributed by atoms with van der Waals surface area (Å²) >= 11 is 0. The highest BCUT2D eigenvalue weighted by Crippen LogP contribution is 2.18. The van der Waals surface area contributed by atoms with Gasteiger partial charge in [-0.1, -0.05) is 0 Å². The van der Waals surface area contributed by atoms with Crippen molar-refractivity contribution >= 4 is 14.3 Å². The molecule has 0 bridgehead atoms. The first-order chi connectivity index (χ1) is 5.75. The Morgan fingerprint density at radius 3 is 2.15 bits per heavy atom. The van der Waals surface area contributed by atoms with E-state index in [9.17, 15) is 4.79 Å². The molecule has 0 saturated heterocycles. The number of hydrogen-bond donors (Lipinski definition) is 0. The van der Waals surface area contributed by atoms with Crippen LogP contribution in [0.2, 0.25) is 19.6 Å². The highest BCUT2D eigenvalue weighted by atomic mass is 28.4. The molecule has 74 valence electrons. The van der Waals surface area contributed by atoms with E-state index in [0.29, 0.717) is 0 Å². The van der Waals surface area contributed by atoms with Crippen molar-refractivity contribution in [1.82, 2.24) is 0 Å². The van der Waals surface area contributed by atoms with E-state index in [-0.39, 0.29) is 0 Å². The zero-order valence-corrected chi connectivity index (χ0v) is 9.67. The molecule has 0 heterocycles. The highest BCUT2D eigenvalue weighted by molar-refractivity contribution is 6.70. The van der Waals surface area contributed by atoms with Crippen LogP contribution in [0.15, 0.2) is 0 Å². The number of esters is 1. The van der Waals surface area contributed by atoms with Gasteiger partial charge >= 0.3 is 5.97 Å². The summed E-state index contributed by atoms with van der Waals surface area (Å²) in [4.78, 5) is 11.2. The van der Waals surface area contributed by atoms with Crippen LogP contribution in [0.5, 0.6) is 0 Å². The molecule has 0 radical (unpaired) electrons. The lowest BCUT2D eigenvalue weighted by molar-refractivity contribution is -0.153. The molecule has 0 rings (SSSR count). The van der Waals surface area contributed by atoms with Gasteiger partial charge < -0.3 is 9.16 Å². The van der Waals surface area contributed by atoms with E-state index in [4.69, 9.17) is 9.69 Å². The van der Waals surface area contributed by atoms with Gasteiger partial charge in [-0.25, -0.2) is 4.79 Å². The zero-order chi connectivity index (χ0) is 10.7. The Hall–Kier alpha value is -0.863. The molecule has 0 fully saturated rings. The molecule has 0 aromatic heterocycles. The lowest BCUT2D eigenvalue weighted by atomic mass is 10.1. The number of ether oxygens (including phenoxy) is 1. The fraction of sp³-hybridized carbons (Fsp3) is 0.750. The summed E-state index contributed by atoms with van der Waals surface area (Å²) in [5.74, 6) is -0.641. The highest BCUT2D eigenvalue weighted by Gasteiger charge is 2.40. The predicted molar refractivity (Wildman–Crippen MR) is 50.5 cm³/mol. The van der Waals surface area contributed by atoms with Gasteiger partial charge in [0.05, 0.1) is 7.11 Å². The molecular weight excluding hydrogens is 186 g/mol. The minimum absolute atomic E-state index is 0.641. The molecule has 0 aliphatic heterocycles. The van der Waals surface area contributed by atoms with E-state index in [0.717, 1.165) is 0 Å². The van der Waals surface area contributed by atoms with Crippen LogP contribution < -0.4 is 0 Å². The maximum Gasteiger partial charge on any atom is 0.351 e. The van der Waals surface area contributed by atoms with E-state index >= 15 is 0 Å². The van der Waals surface area contributed by atoms with E-state index in [2.05, 4.69) is 4.74 Å². The van der Waals surface area contributed by atoms with Crippen molar-refractivity contribution in [2.45, 2.75) is 32.2 Å². The third-order valence-electron chi connectivity index (χ3n) is 1.30. The van der Waals surface area contributed by atoms with Crippen LogP contribution in [0.25, 0.3) is 0 Å². The smallest absolute Gasteiger partial charge is 0.351 e. The summed E-state index contributed by atoms with van der Waals surface area (Å²) < 4.78 is 9.92. The van der Waals surface area contributed by atoms with Crippen LogP contribution in [-0.4, -0.2) is 27.0 Å². The molecule has 0 N–H and O–H groups in total. The SMILES string of the molecule is COC(=O)C(C)(C#N)O[Si](C)(C)C. The third-order valence-corrected chi connectivity index (χ3v) is 2.32. The van der Waals surface area contributed by atoms with Crippen molar-refractivity contribution < 1.29 is 14.0 Å². The van der Waals surface area contributed by atoms with E-state index < -0.39 is 19.9 Å². The molecule has 0 saturated carbocycles. The minimum atomic E-state index is -1.92. The van der Waals surface area contributed by atoms with Gasteiger partial charge in [0.25, 0.3) is 0 Å². The van der Waals surface area contributed by atoms with Crippen LogP contribution in [0.4, 0.5) is 0 Å². The van der Waals surface area contributed by atoms with Gasteiger partial charge in [-0.2, -0.15) is 5.26 Å². The molecule has 13 heavy (non-hydrogen) atoms. The molecule has 1 unspecified atom stereocenters. The summed E-state index contributed by atoms with van der Waals surface area (Å²) in [6.45, 7) is 7.15. The molecule has 5 heteroatoms. The molecule has 0 aromatic carbocycles. The average Bonchev–Trinajstić information content (AvgIpc) is 1.99. The summed E-state index contributed by atoms with van der Waals surface area (Å²) in [6, 6.07) is 1.82. The van der Waals surface area contributed by atoms with Crippen molar-refractivity contribution in [3.8, 4) is 6.07 Å². The first-order valence-electron chi connectivity index (χ1n) is 3.95. The Kier molecular flexibility index (Phi) is 3.64. The van der Waals surface area contributed by atoms with Gasteiger partial charge in [0, 0.05) is 0 Å². The Balaban J connectivity index is 4.69. The summed E-state index contributed by atoms with van der Waals surface area (Å²) in [5.41, 5.74) is -1.46. The number of hydrogen-bond acceptors (Lipinski definition) is 4. The minimum Gasteiger partial charge on any atom is -0.466 e. The normalized spacial score (nSPS) is 15.7. The first-order valence-corrected chi connectivity index (χ1v) is 7.36. The lowest BCUT2D eigenvalue weighted by Crippen LogP contribution is -2.46. The van der Waals surface area contributed by atoms with Gasteiger partial charge in [0.1, 0.15) is 6.07 Å². The second kappa shape index (κ2) is 3.90. The lowest BCUT2D eigenvalue weighted by Gasteiger charge is -2.27. The molecule has 0 aromatic rings. The zero-order valence-electron chi connectivity index (χ0n) is 8.67. The molecule has 0 spiro atoms. The van der Waals surface area contributed by atoms with Crippen molar-refractivity contribution in [3.05, 3.63) is 0 Å². The van der Waals surface area contributed by atoms with Gasteiger partial charge in [-0.15, -0.1) is 0 Å². The molecule has 1 atom stereocenters. The van der Waals surface area contributed by atoms with Crippen molar-refractivity contribution in [2.75, 3.05) is 7.11 Å². The number of carbonyl (C=O) groups is 1. The number of carbonyl (C=O) groups excluding carboxylic acids is 1. The summed E-state index contributed by atoms with van der Waals surface area (Å²) in [6.07, 6.45) is 0. The van der Waals surface area contributed by atoms with Gasteiger partial charge in [-0.05, 0) is 26.6 Å². The van der Waals surface area contributed by atoms with E-state index in [1.54, 1.807) is 0 Å². The number of nitrogens with zero attached hydrogens (tertiary/aromatic N) is 1. The summed E-state index contributed by atoms with van der Waals surface area (Å²) in [5, 5.41) is 8.80. The topological polar surface area (TPSA) is 59.3 Å². The maximum atomic E-state index is 11.2. The van der Waals surface area contributed by atoms with Crippen LogP contribution in [-0.2, 0) is 14.0 Å². The Morgan fingerprint density at radius 1 is 1.46 bits per heavy atom. The largest absolute Gasteiger partial charge is 0.466 e. The van der Waals surface area contributed by atoms with Crippen LogP contribution in [0.1, 0.15) is 6.92 Å². The quantitative estimate of drug-likeness (QED) is 0.510. The first kappa shape index (κ1) is 12.1. The Morgan fingerprint density at radius 2 is 1.92 bits per heavy atom. The number of nitriles is 1. The predicted octanol–water partition coefficient (Wildman–Crippen LogP) is 1.29. The second-order valence-corrected chi connectivity index (χ2v) is 8.28. The summed E-state index contributed by atoms with van der Waals surface area (Å²) in [7, 11) is -0.674. The number of rotatable bonds is 3. The fourth-order valence-corrected chi connectivity index (χ4v) is 2.27. The number of methoxy groups -OCH3 is 1. The monoisotopic (exact) mass is 201 g/mol.